The highest BCUT2D eigenvalue weighted by Crippen LogP contribution is 2.20. The highest BCUT2D eigenvalue weighted by atomic mass is 16.7. The number of hydrogen-bond donors (Lipinski definition) is 0. The molecule has 0 bridgehead atoms. The van der Waals surface area contributed by atoms with Crippen LogP contribution in [-0.2, 0) is 9.47 Å². The zero-order valence-corrected chi connectivity index (χ0v) is 8.82. The first kappa shape index (κ1) is 12.4. The molecule has 17 heavy (non-hydrogen) atoms. The van der Waals surface area contributed by atoms with Crippen LogP contribution in [0.3, 0.4) is 0 Å². The van der Waals surface area contributed by atoms with Gasteiger partial charge in [-0.3, -0.25) is 10.1 Å². The third-order valence-corrected chi connectivity index (χ3v) is 1.90. The van der Waals surface area contributed by atoms with Gasteiger partial charge in [0, 0.05) is 17.7 Å². The Hall–Kier alpha value is -2.62. The van der Waals surface area contributed by atoms with Crippen LogP contribution in [0, 0.1) is 21.4 Å². The summed E-state index contributed by atoms with van der Waals surface area (Å²) >= 11 is 0. The van der Waals surface area contributed by atoms with Gasteiger partial charge in [-0.05, 0) is 12.1 Å². The minimum absolute atomic E-state index is 0.108. The summed E-state index contributed by atoms with van der Waals surface area (Å²) in [7, 11) is 1.12. The molecule has 0 amide bonds. The summed E-state index contributed by atoms with van der Waals surface area (Å²) in [5, 5.41) is 19.2. The summed E-state index contributed by atoms with van der Waals surface area (Å²) in [6.45, 7) is 0. The van der Waals surface area contributed by atoms with E-state index >= 15 is 0 Å². The molecule has 1 aromatic rings. The van der Waals surface area contributed by atoms with E-state index < -0.39 is 17.2 Å². The summed E-state index contributed by atoms with van der Waals surface area (Å²) in [4.78, 5) is 20.7. The van der Waals surface area contributed by atoms with E-state index in [4.69, 9.17) is 5.26 Å². The van der Waals surface area contributed by atoms with Gasteiger partial charge in [0.1, 0.15) is 6.07 Å². The number of carbonyl (C=O) groups is 1. The van der Waals surface area contributed by atoms with Crippen LogP contribution in [0.1, 0.15) is 11.7 Å². The van der Waals surface area contributed by atoms with Crippen molar-refractivity contribution < 1.29 is 19.2 Å². The van der Waals surface area contributed by atoms with Crippen molar-refractivity contribution in [2.24, 2.45) is 0 Å². The molecule has 88 valence electrons. The third-order valence-electron chi connectivity index (χ3n) is 1.90. The molecule has 7 nitrogen and oxygen atoms in total. The number of nitriles is 1. The summed E-state index contributed by atoms with van der Waals surface area (Å²) in [6, 6.07) is 6.87. The molecular weight excluding hydrogens is 228 g/mol. The molecule has 0 aliphatic carbocycles. The number of methoxy groups -OCH3 is 1. The van der Waals surface area contributed by atoms with E-state index in [1.54, 1.807) is 6.07 Å². The number of hydrogen-bond acceptors (Lipinski definition) is 6. The number of nitro groups is 1. The molecule has 1 unspecified atom stereocenters. The molecular formula is C10H8N2O5. The Labute approximate surface area is 96.3 Å². The lowest BCUT2D eigenvalue weighted by atomic mass is 10.1. The standard InChI is InChI=1S/C10H8N2O5/c1-16-10(13)17-9(6-11)7-2-4-8(5-3-7)12(14)15/h2-5,9H,1H3. The van der Waals surface area contributed by atoms with Crippen LogP contribution in [0.15, 0.2) is 24.3 Å². The zero-order chi connectivity index (χ0) is 12.8. The maximum absolute atomic E-state index is 10.8. The minimum Gasteiger partial charge on any atom is -0.438 e. The Morgan fingerprint density at radius 3 is 2.47 bits per heavy atom. The lowest BCUT2D eigenvalue weighted by Crippen LogP contribution is -2.09. The molecule has 1 rings (SSSR count). The van der Waals surface area contributed by atoms with E-state index in [1.807, 2.05) is 0 Å². The maximum atomic E-state index is 10.8. The van der Waals surface area contributed by atoms with Crippen molar-refractivity contribution in [2.75, 3.05) is 7.11 Å². The van der Waals surface area contributed by atoms with Gasteiger partial charge in [-0.1, -0.05) is 0 Å². The molecule has 0 fully saturated rings. The Balaban J connectivity index is 2.87. The van der Waals surface area contributed by atoms with E-state index in [0.29, 0.717) is 5.56 Å². The number of nitro benzene ring substituents is 1. The van der Waals surface area contributed by atoms with E-state index in [9.17, 15) is 14.9 Å². The van der Waals surface area contributed by atoms with Crippen molar-refractivity contribution >= 4 is 11.8 Å². The topological polar surface area (TPSA) is 102 Å². The lowest BCUT2D eigenvalue weighted by Gasteiger charge is -2.09. The number of non-ortho nitro benzene ring substituents is 1. The Morgan fingerprint density at radius 1 is 1.47 bits per heavy atom. The first-order valence-electron chi connectivity index (χ1n) is 4.47. The number of benzene rings is 1. The predicted octanol–water partition coefficient (Wildman–Crippen LogP) is 1.94. The summed E-state index contributed by atoms with van der Waals surface area (Å²) in [5.74, 6) is 0. The summed E-state index contributed by atoms with van der Waals surface area (Å²) in [6.07, 6.45) is -2.14. The van der Waals surface area contributed by atoms with Crippen LogP contribution in [0.25, 0.3) is 0 Å². The smallest absolute Gasteiger partial charge is 0.438 e. The highest BCUT2D eigenvalue weighted by molar-refractivity contribution is 5.60. The van der Waals surface area contributed by atoms with Crippen molar-refractivity contribution in [3.05, 3.63) is 39.9 Å². The molecule has 7 heteroatoms. The molecule has 0 aliphatic rings. The SMILES string of the molecule is COC(=O)OC(C#N)c1ccc([N+](=O)[O-])cc1. The van der Waals surface area contributed by atoms with Crippen LogP contribution in [-0.4, -0.2) is 18.2 Å². The highest BCUT2D eigenvalue weighted by Gasteiger charge is 2.17. The van der Waals surface area contributed by atoms with Crippen molar-refractivity contribution in [3.8, 4) is 6.07 Å². The van der Waals surface area contributed by atoms with Gasteiger partial charge in [-0.15, -0.1) is 0 Å². The van der Waals surface area contributed by atoms with Gasteiger partial charge in [0.2, 0.25) is 6.10 Å². The second-order valence-electron chi connectivity index (χ2n) is 2.93. The fourth-order valence-electron chi connectivity index (χ4n) is 1.08. The lowest BCUT2D eigenvalue weighted by molar-refractivity contribution is -0.384. The van der Waals surface area contributed by atoms with Gasteiger partial charge in [-0.25, -0.2) is 4.79 Å². The van der Waals surface area contributed by atoms with Crippen molar-refractivity contribution in [2.45, 2.75) is 6.10 Å². The van der Waals surface area contributed by atoms with Crippen LogP contribution < -0.4 is 0 Å². The second-order valence-corrected chi connectivity index (χ2v) is 2.93. The van der Waals surface area contributed by atoms with Gasteiger partial charge >= 0.3 is 6.16 Å². The van der Waals surface area contributed by atoms with Crippen LogP contribution in [0.2, 0.25) is 0 Å². The van der Waals surface area contributed by atoms with Crippen LogP contribution >= 0.6 is 0 Å². The minimum atomic E-state index is -1.15. The molecule has 0 spiro atoms. The molecule has 0 heterocycles. The van der Waals surface area contributed by atoms with Crippen molar-refractivity contribution in [3.63, 3.8) is 0 Å². The Bertz CT molecular complexity index is 463. The molecule has 0 saturated carbocycles. The van der Waals surface area contributed by atoms with E-state index in [2.05, 4.69) is 9.47 Å². The van der Waals surface area contributed by atoms with Gasteiger partial charge in [0.05, 0.1) is 12.0 Å². The number of nitrogens with zero attached hydrogens (tertiary/aromatic N) is 2. The third kappa shape index (κ3) is 3.17. The normalized spacial score (nSPS) is 11.1. The van der Waals surface area contributed by atoms with Gasteiger partial charge in [0.25, 0.3) is 5.69 Å². The fraction of sp³-hybridized carbons (Fsp3) is 0.200. The molecule has 0 aliphatic heterocycles. The van der Waals surface area contributed by atoms with Crippen molar-refractivity contribution in [1.82, 2.24) is 0 Å². The van der Waals surface area contributed by atoms with Gasteiger partial charge in [-0.2, -0.15) is 5.26 Å². The molecule has 0 N–H and O–H groups in total. The first-order valence-corrected chi connectivity index (χ1v) is 4.47. The summed E-state index contributed by atoms with van der Waals surface area (Å²) in [5.41, 5.74) is 0.229. The number of ether oxygens (including phenoxy) is 2. The monoisotopic (exact) mass is 236 g/mol. The van der Waals surface area contributed by atoms with Crippen molar-refractivity contribution in [1.29, 1.82) is 5.26 Å². The molecule has 0 aromatic heterocycles. The van der Waals surface area contributed by atoms with Crippen LogP contribution in [0.4, 0.5) is 10.5 Å². The molecule has 0 radical (unpaired) electrons. The average molecular weight is 236 g/mol. The van der Waals surface area contributed by atoms with E-state index in [1.165, 1.54) is 24.3 Å². The van der Waals surface area contributed by atoms with Crippen LogP contribution in [0.5, 0.6) is 0 Å². The zero-order valence-electron chi connectivity index (χ0n) is 8.82. The molecule has 0 saturated heterocycles. The predicted molar refractivity (Wildman–Crippen MR) is 54.9 cm³/mol. The molecule has 1 aromatic carbocycles. The maximum Gasteiger partial charge on any atom is 0.509 e. The second kappa shape index (κ2) is 5.46. The fourth-order valence-corrected chi connectivity index (χ4v) is 1.08. The quantitative estimate of drug-likeness (QED) is 0.451. The Kier molecular flexibility index (Phi) is 4.00. The number of rotatable bonds is 3. The number of carbonyl (C=O) groups excluding carboxylic acids is 1. The summed E-state index contributed by atoms with van der Waals surface area (Å²) < 4.78 is 8.89. The largest absolute Gasteiger partial charge is 0.509 e. The van der Waals surface area contributed by atoms with Gasteiger partial charge < -0.3 is 9.47 Å². The first-order chi connectivity index (χ1) is 8.08. The molecule has 1 atom stereocenters. The van der Waals surface area contributed by atoms with E-state index in [-0.39, 0.29) is 5.69 Å². The Morgan fingerprint density at radius 2 is 2.06 bits per heavy atom. The average Bonchev–Trinajstić information content (AvgIpc) is 2.35. The van der Waals surface area contributed by atoms with E-state index in [0.717, 1.165) is 7.11 Å². The van der Waals surface area contributed by atoms with Gasteiger partial charge in [0.15, 0.2) is 0 Å².